The van der Waals surface area contributed by atoms with E-state index in [1.54, 1.807) is 6.92 Å². The van der Waals surface area contributed by atoms with Gasteiger partial charge in [-0.25, -0.2) is 4.79 Å². The maximum Gasteiger partial charge on any atom is 0.332 e. The van der Waals surface area contributed by atoms with E-state index in [2.05, 4.69) is 4.90 Å². The lowest BCUT2D eigenvalue weighted by Gasteiger charge is -2.22. The van der Waals surface area contributed by atoms with Gasteiger partial charge in [-0.15, -0.1) is 0 Å². The zero-order valence-corrected chi connectivity index (χ0v) is 16.0. The highest BCUT2D eigenvalue weighted by Crippen LogP contribution is 2.16. The molecule has 1 fully saturated rings. The number of hydrogen-bond donors (Lipinski definition) is 1. The van der Waals surface area contributed by atoms with Gasteiger partial charge in [0.05, 0.1) is 52.9 Å². The van der Waals surface area contributed by atoms with Gasteiger partial charge in [-0.05, 0) is 32.7 Å². The van der Waals surface area contributed by atoms with E-state index in [1.807, 2.05) is 0 Å². The van der Waals surface area contributed by atoms with E-state index in [4.69, 9.17) is 23.7 Å². The van der Waals surface area contributed by atoms with Gasteiger partial charge in [-0.3, -0.25) is 4.90 Å². The first-order chi connectivity index (χ1) is 12.8. The summed E-state index contributed by atoms with van der Waals surface area (Å²) >= 11 is 0. The number of aliphatic hydroxyl groups excluding tert-OH is 1. The van der Waals surface area contributed by atoms with Crippen LogP contribution in [-0.4, -0.2) is 101 Å². The maximum atomic E-state index is 11.0. The Bertz CT molecular complexity index is 344. The summed E-state index contributed by atoms with van der Waals surface area (Å²) in [6.45, 7) is 8.02. The van der Waals surface area contributed by atoms with Crippen molar-refractivity contribution >= 4 is 5.97 Å². The Balaban J connectivity index is 1.74. The smallest absolute Gasteiger partial charge is 0.332 e. The molecule has 0 aromatic heterocycles. The normalized spacial score (nSPS) is 17.7. The van der Waals surface area contributed by atoms with Crippen LogP contribution in [0.5, 0.6) is 0 Å². The van der Waals surface area contributed by atoms with Gasteiger partial charge in [0.2, 0.25) is 0 Å². The number of carbonyl (C=O) groups excluding carboxylic acids is 1. The van der Waals surface area contributed by atoms with E-state index in [1.165, 1.54) is 6.42 Å². The van der Waals surface area contributed by atoms with Crippen LogP contribution in [0.25, 0.3) is 0 Å². The molecule has 1 aliphatic heterocycles. The molecule has 0 aliphatic carbocycles. The molecular formula is C18H35NO7. The molecule has 8 nitrogen and oxygen atoms in total. The van der Waals surface area contributed by atoms with Crippen LogP contribution in [0.3, 0.4) is 0 Å². The fourth-order valence-corrected chi connectivity index (χ4v) is 2.78. The average Bonchev–Trinajstić information content (AvgIpc) is 3.09. The SMILES string of the molecule is CCOC(=O)COCCOCCOCCOCCCN1CCC[C@H]1CO. The summed E-state index contributed by atoms with van der Waals surface area (Å²) in [6.07, 6.45) is 3.26. The van der Waals surface area contributed by atoms with Crippen molar-refractivity contribution in [2.24, 2.45) is 0 Å². The van der Waals surface area contributed by atoms with Crippen LogP contribution in [-0.2, 0) is 28.5 Å². The second-order valence-corrected chi connectivity index (χ2v) is 6.06. The molecular weight excluding hydrogens is 342 g/mol. The Morgan fingerprint density at radius 3 is 2.23 bits per heavy atom. The van der Waals surface area contributed by atoms with Crippen molar-refractivity contribution in [1.29, 1.82) is 0 Å². The number of ether oxygens (including phenoxy) is 5. The molecule has 0 aromatic carbocycles. The van der Waals surface area contributed by atoms with Crippen LogP contribution < -0.4 is 0 Å². The third kappa shape index (κ3) is 11.8. The molecule has 154 valence electrons. The van der Waals surface area contributed by atoms with Gasteiger partial charge in [0.1, 0.15) is 6.61 Å². The van der Waals surface area contributed by atoms with Crippen LogP contribution in [0, 0.1) is 0 Å². The number of rotatable bonds is 17. The van der Waals surface area contributed by atoms with Gasteiger partial charge in [0, 0.05) is 19.2 Å². The largest absolute Gasteiger partial charge is 0.464 e. The first kappa shape index (κ1) is 23.3. The van der Waals surface area contributed by atoms with Crippen LogP contribution >= 0.6 is 0 Å². The van der Waals surface area contributed by atoms with E-state index in [-0.39, 0.29) is 19.2 Å². The fourth-order valence-electron chi connectivity index (χ4n) is 2.78. The Labute approximate surface area is 156 Å². The van der Waals surface area contributed by atoms with Crippen molar-refractivity contribution in [2.45, 2.75) is 32.2 Å². The van der Waals surface area contributed by atoms with Crippen molar-refractivity contribution in [3.63, 3.8) is 0 Å². The molecule has 0 spiro atoms. The van der Waals surface area contributed by atoms with Crippen molar-refractivity contribution in [3.8, 4) is 0 Å². The number of aliphatic hydroxyl groups is 1. The van der Waals surface area contributed by atoms with E-state index >= 15 is 0 Å². The lowest BCUT2D eigenvalue weighted by molar-refractivity contribution is -0.149. The molecule has 0 unspecified atom stereocenters. The lowest BCUT2D eigenvalue weighted by atomic mass is 10.2. The van der Waals surface area contributed by atoms with E-state index in [0.717, 1.165) is 25.9 Å². The van der Waals surface area contributed by atoms with Crippen molar-refractivity contribution in [2.75, 3.05) is 79.2 Å². The van der Waals surface area contributed by atoms with Crippen LogP contribution in [0.4, 0.5) is 0 Å². The molecule has 0 aromatic rings. The number of carbonyl (C=O) groups is 1. The predicted octanol–water partition coefficient (Wildman–Crippen LogP) is 0.463. The van der Waals surface area contributed by atoms with Gasteiger partial charge in [-0.1, -0.05) is 0 Å². The molecule has 1 heterocycles. The van der Waals surface area contributed by atoms with Crippen LogP contribution in [0.15, 0.2) is 0 Å². The van der Waals surface area contributed by atoms with Gasteiger partial charge < -0.3 is 28.8 Å². The summed E-state index contributed by atoms with van der Waals surface area (Å²) in [7, 11) is 0. The highest BCUT2D eigenvalue weighted by atomic mass is 16.6. The van der Waals surface area contributed by atoms with Gasteiger partial charge >= 0.3 is 5.97 Å². The Morgan fingerprint density at radius 2 is 1.62 bits per heavy atom. The summed E-state index contributed by atoms with van der Waals surface area (Å²) < 4.78 is 26.1. The number of likely N-dealkylation sites (tertiary alicyclic amines) is 1. The average molecular weight is 377 g/mol. The van der Waals surface area contributed by atoms with E-state index in [9.17, 15) is 9.90 Å². The standard InChI is InChI=1S/C18H35NO7/c1-2-26-18(21)16-25-14-13-24-12-11-23-10-9-22-8-4-7-19-6-3-5-17(19)15-20/h17,20H,2-16H2,1H3/t17-/m0/s1. The van der Waals surface area contributed by atoms with Crippen LogP contribution in [0.2, 0.25) is 0 Å². The van der Waals surface area contributed by atoms with Gasteiger partial charge in [0.15, 0.2) is 0 Å². The van der Waals surface area contributed by atoms with E-state index < -0.39 is 0 Å². The molecule has 0 radical (unpaired) electrons. The number of esters is 1. The van der Waals surface area contributed by atoms with Crippen molar-refractivity contribution in [1.82, 2.24) is 4.90 Å². The number of nitrogens with zero attached hydrogens (tertiary/aromatic N) is 1. The van der Waals surface area contributed by atoms with Crippen molar-refractivity contribution in [3.05, 3.63) is 0 Å². The first-order valence-electron chi connectivity index (χ1n) is 9.59. The highest BCUT2D eigenvalue weighted by molar-refractivity contribution is 5.70. The highest BCUT2D eigenvalue weighted by Gasteiger charge is 2.22. The lowest BCUT2D eigenvalue weighted by Crippen LogP contribution is -2.33. The van der Waals surface area contributed by atoms with Crippen molar-refractivity contribution < 1.29 is 33.6 Å². The molecule has 1 rings (SSSR count). The molecule has 8 heteroatoms. The predicted molar refractivity (Wildman–Crippen MR) is 96.2 cm³/mol. The molecule has 1 atom stereocenters. The zero-order chi connectivity index (χ0) is 18.9. The second kappa shape index (κ2) is 16.4. The first-order valence-corrected chi connectivity index (χ1v) is 9.59. The Hall–Kier alpha value is -0.770. The molecule has 26 heavy (non-hydrogen) atoms. The Morgan fingerprint density at radius 1 is 1.00 bits per heavy atom. The summed E-state index contributed by atoms with van der Waals surface area (Å²) in [6, 6.07) is 0.342. The van der Waals surface area contributed by atoms with Crippen LogP contribution in [0.1, 0.15) is 26.2 Å². The summed E-state index contributed by atoms with van der Waals surface area (Å²) in [5.74, 6) is -0.357. The topological polar surface area (TPSA) is 86.7 Å². The maximum absolute atomic E-state index is 11.0. The molecule has 0 bridgehead atoms. The monoisotopic (exact) mass is 377 g/mol. The third-order valence-electron chi connectivity index (χ3n) is 4.09. The molecule has 0 saturated carbocycles. The van der Waals surface area contributed by atoms with Gasteiger partial charge in [-0.2, -0.15) is 0 Å². The Kier molecular flexibility index (Phi) is 14.7. The molecule has 1 aliphatic rings. The summed E-state index contributed by atoms with van der Waals surface area (Å²) in [5.41, 5.74) is 0. The summed E-state index contributed by atoms with van der Waals surface area (Å²) in [4.78, 5) is 13.3. The quantitative estimate of drug-likeness (QED) is 0.289. The minimum absolute atomic E-state index is 0.0382. The minimum Gasteiger partial charge on any atom is -0.464 e. The third-order valence-corrected chi connectivity index (χ3v) is 4.09. The number of hydrogen-bond acceptors (Lipinski definition) is 8. The molecule has 1 saturated heterocycles. The fraction of sp³-hybridized carbons (Fsp3) is 0.944. The summed E-state index contributed by atoms with van der Waals surface area (Å²) in [5, 5.41) is 9.26. The molecule has 0 amide bonds. The second-order valence-electron chi connectivity index (χ2n) is 6.06. The van der Waals surface area contributed by atoms with Gasteiger partial charge in [0.25, 0.3) is 0 Å². The zero-order valence-electron chi connectivity index (χ0n) is 16.0. The minimum atomic E-state index is -0.357. The molecule has 1 N–H and O–H groups in total. The van der Waals surface area contributed by atoms with E-state index in [0.29, 0.717) is 58.9 Å².